The predicted molar refractivity (Wildman–Crippen MR) is 94.4 cm³/mol. The van der Waals surface area contributed by atoms with Crippen molar-refractivity contribution in [2.75, 3.05) is 0 Å². The maximum Gasteiger partial charge on any atom is 0.0708 e. The van der Waals surface area contributed by atoms with Crippen LogP contribution in [0.2, 0.25) is 0 Å². The molecule has 1 aromatic heterocycles. The number of hydrogen-bond donors (Lipinski definition) is 0. The van der Waals surface area contributed by atoms with Gasteiger partial charge in [-0.1, -0.05) is 69.3 Å². The van der Waals surface area contributed by atoms with E-state index in [0.717, 1.165) is 11.9 Å². The molecule has 0 amide bonds. The lowest BCUT2D eigenvalue weighted by Crippen LogP contribution is -1.99. The van der Waals surface area contributed by atoms with Gasteiger partial charge in [0.25, 0.3) is 0 Å². The topological polar surface area (TPSA) is 12.9 Å². The van der Waals surface area contributed by atoms with Gasteiger partial charge in [0.1, 0.15) is 0 Å². The Morgan fingerprint density at radius 1 is 0.864 bits per heavy atom. The van der Waals surface area contributed by atoms with E-state index in [1.165, 1.54) is 22.2 Å². The molecule has 0 saturated carbocycles. The van der Waals surface area contributed by atoms with E-state index in [-0.39, 0.29) is 0 Å². The summed E-state index contributed by atoms with van der Waals surface area (Å²) in [5.74, 6) is 0.989. The quantitative estimate of drug-likeness (QED) is 0.600. The highest BCUT2D eigenvalue weighted by Crippen LogP contribution is 2.23. The highest BCUT2D eigenvalue weighted by atomic mass is 14.7. The lowest BCUT2D eigenvalue weighted by molar-refractivity contribution is 0.759. The van der Waals surface area contributed by atoms with Crippen molar-refractivity contribution < 1.29 is 0 Å². The Bertz CT molecular complexity index is 759. The van der Waals surface area contributed by atoms with Crippen LogP contribution in [0.15, 0.2) is 60.7 Å². The number of benzene rings is 2. The SMILES string of the molecule is CC(C)c1ccc2ccc(CC(C)c3ccccc3)cc2n1. The second-order valence-corrected chi connectivity index (χ2v) is 6.43. The first-order valence-electron chi connectivity index (χ1n) is 8.08. The summed E-state index contributed by atoms with van der Waals surface area (Å²) in [5, 5.41) is 1.22. The summed E-state index contributed by atoms with van der Waals surface area (Å²) in [6.07, 6.45) is 1.05. The molecular formula is C21H23N. The Balaban J connectivity index is 1.88. The van der Waals surface area contributed by atoms with Crippen LogP contribution >= 0.6 is 0 Å². The summed E-state index contributed by atoms with van der Waals surface area (Å²) in [5.41, 5.74) is 5.04. The number of pyridine rings is 1. The molecule has 0 fully saturated rings. The van der Waals surface area contributed by atoms with E-state index < -0.39 is 0 Å². The average Bonchev–Trinajstić information content (AvgIpc) is 2.55. The lowest BCUT2D eigenvalue weighted by Gasteiger charge is -2.13. The Kier molecular flexibility index (Phi) is 4.24. The van der Waals surface area contributed by atoms with Gasteiger partial charge in [-0.25, -0.2) is 0 Å². The van der Waals surface area contributed by atoms with Gasteiger partial charge in [-0.3, -0.25) is 4.98 Å². The fourth-order valence-corrected chi connectivity index (χ4v) is 2.88. The minimum Gasteiger partial charge on any atom is -0.253 e. The molecule has 0 saturated heterocycles. The number of rotatable bonds is 4. The first-order valence-corrected chi connectivity index (χ1v) is 8.08. The Hall–Kier alpha value is -2.15. The van der Waals surface area contributed by atoms with Crippen molar-refractivity contribution in [2.24, 2.45) is 0 Å². The molecule has 22 heavy (non-hydrogen) atoms. The minimum atomic E-state index is 0.469. The van der Waals surface area contributed by atoms with E-state index in [1.807, 2.05) is 0 Å². The molecule has 1 heterocycles. The van der Waals surface area contributed by atoms with Crippen molar-refractivity contribution in [2.45, 2.75) is 39.0 Å². The fraction of sp³-hybridized carbons (Fsp3) is 0.286. The fourth-order valence-electron chi connectivity index (χ4n) is 2.88. The van der Waals surface area contributed by atoms with Gasteiger partial charge in [0.2, 0.25) is 0 Å². The molecule has 1 nitrogen and oxygen atoms in total. The number of hydrogen-bond acceptors (Lipinski definition) is 1. The van der Waals surface area contributed by atoms with Gasteiger partial charge in [-0.15, -0.1) is 0 Å². The van der Waals surface area contributed by atoms with Crippen LogP contribution in [0.25, 0.3) is 10.9 Å². The van der Waals surface area contributed by atoms with E-state index in [1.54, 1.807) is 0 Å². The van der Waals surface area contributed by atoms with Crippen LogP contribution in [0.5, 0.6) is 0 Å². The largest absolute Gasteiger partial charge is 0.253 e. The van der Waals surface area contributed by atoms with E-state index >= 15 is 0 Å². The number of nitrogens with zero attached hydrogens (tertiary/aromatic N) is 1. The average molecular weight is 289 g/mol. The van der Waals surface area contributed by atoms with Crippen molar-refractivity contribution in [1.29, 1.82) is 0 Å². The van der Waals surface area contributed by atoms with Gasteiger partial charge in [0.05, 0.1) is 5.52 Å². The molecule has 1 atom stereocenters. The van der Waals surface area contributed by atoms with Crippen molar-refractivity contribution in [3.05, 3.63) is 77.5 Å². The molecule has 0 radical (unpaired) electrons. The van der Waals surface area contributed by atoms with Gasteiger partial charge >= 0.3 is 0 Å². The second kappa shape index (κ2) is 6.31. The monoisotopic (exact) mass is 289 g/mol. The first kappa shape index (κ1) is 14.8. The van der Waals surface area contributed by atoms with Gasteiger partial charge in [-0.05, 0) is 41.5 Å². The third-order valence-corrected chi connectivity index (χ3v) is 4.28. The molecule has 1 unspecified atom stereocenters. The van der Waals surface area contributed by atoms with Gasteiger partial charge in [-0.2, -0.15) is 0 Å². The highest BCUT2D eigenvalue weighted by Gasteiger charge is 2.08. The van der Waals surface area contributed by atoms with Crippen LogP contribution in [0.4, 0.5) is 0 Å². The van der Waals surface area contributed by atoms with E-state index in [2.05, 4.69) is 81.4 Å². The first-order chi connectivity index (χ1) is 10.6. The summed E-state index contributed by atoms with van der Waals surface area (Å²) in [6, 6.07) is 21.7. The van der Waals surface area contributed by atoms with Gasteiger partial charge in [0.15, 0.2) is 0 Å². The Morgan fingerprint density at radius 2 is 1.59 bits per heavy atom. The molecule has 3 aromatic rings. The van der Waals surface area contributed by atoms with Gasteiger partial charge in [0, 0.05) is 11.1 Å². The predicted octanol–water partition coefficient (Wildman–Crippen LogP) is 5.70. The normalized spacial score (nSPS) is 12.7. The zero-order valence-corrected chi connectivity index (χ0v) is 13.6. The Morgan fingerprint density at radius 3 is 2.32 bits per heavy atom. The summed E-state index contributed by atoms with van der Waals surface area (Å²) in [7, 11) is 0. The van der Waals surface area contributed by atoms with Crippen LogP contribution in [-0.2, 0) is 6.42 Å². The Labute approximate surface area is 133 Å². The lowest BCUT2D eigenvalue weighted by atomic mass is 9.93. The summed E-state index contributed by atoms with van der Waals surface area (Å²) >= 11 is 0. The standard InChI is InChI=1S/C21H23N/c1-15(2)20-12-11-19-10-9-17(14-21(19)22-20)13-16(3)18-7-5-4-6-8-18/h4-12,14-16H,13H2,1-3H3. The van der Waals surface area contributed by atoms with Crippen LogP contribution in [0.1, 0.15) is 49.4 Å². The van der Waals surface area contributed by atoms with Crippen molar-refractivity contribution in [1.82, 2.24) is 4.98 Å². The summed E-state index contributed by atoms with van der Waals surface area (Å²) < 4.78 is 0. The molecule has 1 heteroatoms. The van der Waals surface area contributed by atoms with Crippen LogP contribution in [-0.4, -0.2) is 4.98 Å². The van der Waals surface area contributed by atoms with E-state index in [0.29, 0.717) is 11.8 Å². The van der Waals surface area contributed by atoms with Crippen molar-refractivity contribution in [3.8, 4) is 0 Å². The molecule has 0 N–H and O–H groups in total. The van der Waals surface area contributed by atoms with Gasteiger partial charge < -0.3 is 0 Å². The van der Waals surface area contributed by atoms with E-state index in [4.69, 9.17) is 4.98 Å². The molecule has 0 spiro atoms. The van der Waals surface area contributed by atoms with Crippen molar-refractivity contribution >= 4 is 10.9 Å². The molecule has 0 bridgehead atoms. The summed E-state index contributed by atoms with van der Waals surface area (Å²) in [4.78, 5) is 4.82. The maximum atomic E-state index is 4.82. The van der Waals surface area contributed by atoms with Crippen LogP contribution in [0, 0.1) is 0 Å². The smallest absolute Gasteiger partial charge is 0.0708 e. The van der Waals surface area contributed by atoms with Crippen molar-refractivity contribution in [3.63, 3.8) is 0 Å². The maximum absolute atomic E-state index is 4.82. The second-order valence-electron chi connectivity index (χ2n) is 6.43. The molecule has 0 aliphatic rings. The minimum absolute atomic E-state index is 0.469. The third-order valence-electron chi connectivity index (χ3n) is 4.28. The van der Waals surface area contributed by atoms with Crippen LogP contribution in [0.3, 0.4) is 0 Å². The van der Waals surface area contributed by atoms with Crippen LogP contribution < -0.4 is 0 Å². The molecule has 3 rings (SSSR count). The summed E-state index contributed by atoms with van der Waals surface area (Å²) in [6.45, 7) is 6.67. The highest BCUT2D eigenvalue weighted by molar-refractivity contribution is 5.79. The molecular weight excluding hydrogens is 266 g/mol. The zero-order chi connectivity index (χ0) is 15.5. The zero-order valence-electron chi connectivity index (χ0n) is 13.6. The number of fused-ring (bicyclic) bond motifs is 1. The molecule has 112 valence electrons. The van der Waals surface area contributed by atoms with E-state index in [9.17, 15) is 0 Å². The molecule has 2 aromatic carbocycles. The molecule has 0 aliphatic heterocycles. The third kappa shape index (κ3) is 3.19. The number of aromatic nitrogens is 1. The molecule has 0 aliphatic carbocycles.